The second-order valence-electron chi connectivity index (χ2n) is 7.86. The van der Waals surface area contributed by atoms with Crippen molar-refractivity contribution in [1.82, 2.24) is 19.7 Å². The van der Waals surface area contributed by atoms with Crippen LogP contribution in [0.3, 0.4) is 0 Å². The minimum absolute atomic E-state index is 0.223. The highest BCUT2D eigenvalue weighted by Crippen LogP contribution is 2.34. The molecule has 2 N–H and O–H groups in total. The monoisotopic (exact) mass is 413 g/mol. The number of carbonyl (C=O) groups excluding carboxylic acids is 1. The van der Waals surface area contributed by atoms with Gasteiger partial charge in [-0.25, -0.2) is 14.6 Å². The smallest absolute Gasteiger partial charge is 0.214 e. The molecule has 1 aliphatic rings. The van der Waals surface area contributed by atoms with E-state index >= 15 is 0 Å². The Hall–Kier alpha value is -3.74. The first-order valence-corrected chi connectivity index (χ1v) is 10.5. The van der Waals surface area contributed by atoms with Gasteiger partial charge in [0.2, 0.25) is 5.78 Å². The maximum atomic E-state index is 13.5. The Labute approximate surface area is 179 Å². The number of para-hydroxylation sites is 1. The van der Waals surface area contributed by atoms with Crippen LogP contribution in [0.4, 0.5) is 5.82 Å². The number of anilines is 1. The summed E-state index contributed by atoms with van der Waals surface area (Å²) in [5, 5.41) is 5.23. The van der Waals surface area contributed by atoms with Crippen molar-refractivity contribution in [3.05, 3.63) is 71.7 Å². The van der Waals surface area contributed by atoms with Crippen LogP contribution in [0.25, 0.3) is 11.0 Å². The lowest BCUT2D eigenvalue weighted by Gasteiger charge is -2.10. The van der Waals surface area contributed by atoms with Gasteiger partial charge in [-0.15, -0.1) is 0 Å². The molecule has 0 radical (unpaired) electrons. The van der Waals surface area contributed by atoms with Crippen molar-refractivity contribution >= 4 is 22.6 Å². The Morgan fingerprint density at radius 1 is 1.03 bits per heavy atom. The van der Waals surface area contributed by atoms with E-state index in [0.29, 0.717) is 33.9 Å². The fraction of sp³-hybridized carbons (Fsp3) is 0.250. The van der Waals surface area contributed by atoms with E-state index in [-0.39, 0.29) is 23.3 Å². The third kappa shape index (κ3) is 3.63. The summed E-state index contributed by atoms with van der Waals surface area (Å²) in [6.07, 6.45) is 4.34. The molecule has 0 unspecified atom stereocenters. The molecule has 1 saturated carbocycles. The Morgan fingerprint density at radius 3 is 2.55 bits per heavy atom. The van der Waals surface area contributed by atoms with Gasteiger partial charge in [0.1, 0.15) is 28.8 Å². The summed E-state index contributed by atoms with van der Waals surface area (Å²) in [5.74, 6) is 1.92. The van der Waals surface area contributed by atoms with Crippen molar-refractivity contribution in [2.45, 2.75) is 38.6 Å². The predicted molar refractivity (Wildman–Crippen MR) is 118 cm³/mol. The predicted octanol–water partition coefficient (Wildman–Crippen LogP) is 4.86. The number of rotatable bonds is 5. The summed E-state index contributed by atoms with van der Waals surface area (Å²) in [6, 6.07) is 16.8. The fourth-order valence-electron chi connectivity index (χ4n) is 4.20. The number of hydrogen-bond donors (Lipinski definition) is 1. The zero-order chi connectivity index (χ0) is 21.4. The van der Waals surface area contributed by atoms with E-state index < -0.39 is 0 Å². The molecule has 156 valence electrons. The second-order valence-corrected chi connectivity index (χ2v) is 7.86. The van der Waals surface area contributed by atoms with E-state index in [1.54, 1.807) is 25.1 Å². The SMILES string of the molecule is Cc1nc(N)c2c(C(=O)c3cccc(Oc4ccccc4)c3)nn(C3CCCC3)c2n1. The largest absolute Gasteiger partial charge is 0.457 e. The molecule has 4 aromatic rings. The molecule has 7 nitrogen and oxygen atoms in total. The molecular weight excluding hydrogens is 390 g/mol. The lowest BCUT2D eigenvalue weighted by atomic mass is 10.1. The summed E-state index contributed by atoms with van der Waals surface area (Å²) >= 11 is 0. The molecule has 0 amide bonds. The molecule has 1 fully saturated rings. The highest BCUT2D eigenvalue weighted by Gasteiger charge is 2.27. The van der Waals surface area contributed by atoms with Crippen LogP contribution in [0, 0.1) is 6.92 Å². The molecule has 2 aromatic carbocycles. The third-order valence-electron chi connectivity index (χ3n) is 5.65. The van der Waals surface area contributed by atoms with E-state index in [0.717, 1.165) is 25.7 Å². The Kier molecular flexibility index (Phi) is 4.86. The first kappa shape index (κ1) is 19.2. The second kappa shape index (κ2) is 7.83. The van der Waals surface area contributed by atoms with Crippen LogP contribution in [0.2, 0.25) is 0 Å². The standard InChI is InChI=1S/C24H23N5O2/c1-15-26-23(25)20-21(28-29(24(20)27-15)17-9-5-6-10-17)22(30)16-8-7-13-19(14-16)31-18-11-3-2-4-12-18/h2-4,7-8,11-14,17H,5-6,9-10H2,1H3,(H2,25,26,27). The summed E-state index contributed by atoms with van der Waals surface area (Å²) in [7, 11) is 0. The number of aryl methyl sites for hydroxylation is 1. The molecule has 0 atom stereocenters. The molecule has 1 aliphatic carbocycles. The van der Waals surface area contributed by atoms with Crippen LogP contribution in [-0.4, -0.2) is 25.5 Å². The van der Waals surface area contributed by atoms with Crippen LogP contribution in [0.1, 0.15) is 53.6 Å². The highest BCUT2D eigenvalue weighted by atomic mass is 16.5. The summed E-state index contributed by atoms with van der Waals surface area (Å²) in [6.45, 7) is 1.80. The maximum absolute atomic E-state index is 13.5. The van der Waals surface area contributed by atoms with Gasteiger partial charge in [0.15, 0.2) is 5.65 Å². The van der Waals surface area contributed by atoms with E-state index in [4.69, 9.17) is 15.6 Å². The Bertz CT molecular complexity index is 1260. The number of benzene rings is 2. The van der Waals surface area contributed by atoms with Crippen molar-refractivity contribution in [1.29, 1.82) is 0 Å². The van der Waals surface area contributed by atoms with Gasteiger partial charge in [-0.05, 0) is 44.0 Å². The van der Waals surface area contributed by atoms with Gasteiger partial charge in [0.05, 0.1) is 11.4 Å². The molecule has 5 rings (SSSR count). The Morgan fingerprint density at radius 2 is 1.77 bits per heavy atom. The zero-order valence-electron chi connectivity index (χ0n) is 17.3. The molecular formula is C24H23N5O2. The van der Waals surface area contributed by atoms with Crippen LogP contribution >= 0.6 is 0 Å². The average molecular weight is 413 g/mol. The summed E-state index contributed by atoms with van der Waals surface area (Å²) < 4.78 is 7.77. The first-order valence-electron chi connectivity index (χ1n) is 10.5. The van der Waals surface area contributed by atoms with Gasteiger partial charge < -0.3 is 10.5 Å². The van der Waals surface area contributed by atoms with E-state index in [2.05, 4.69) is 9.97 Å². The van der Waals surface area contributed by atoms with E-state index in [1.165, 1.54) is 0 Å². The van der Waals surface area contributed by atoms with Crippen LogP contribution in [-0.2, 0) is 0 Å². The van der Waals surface area contributed by atoms with Crippen LogP contribution in [0.15, 0.2) is 54.6 Å². The van der Waals surface area contributed by atoms with Crippen molar-refractivity contribution in [2.75, 3.05) is 5.73 Å². The number of aromatic nitrogens is 4. The van der Waals surface area contributed by atoms with Crippen molar-refractivity contribution < 1.29 is 9.53 Å². The van der Waals surface area contributed by atoms with E-state index in [9.17, 15) is 4.79 Å². The van der Waals surface area contributed by atoms with Crippen LogP contribution in [0.5, 0.6) is 11.5 Å². The number of nitrogen functional groups attached to an aromatic ring is 1. The molecule has 31 heavy (non-hydrogen) atoms. The average Bonchev–Trinajstić information content (AvgIpc) is 3.42. The van der Waals surface area contributed by atoms with Gasteiger partial charge in [-0.1, -0.05) is 43.2 Å². The molecule has 0 bridgehead atoms. The number of carbonyl (C=O) groups is 1. The summed E-state index contributed by atoms with van der Waals surface area (Å²) in [4.78, 5) is 22.4. The Balaban J connectivity index is 1.56. The van der Waals surface area contributed by atoms with Gasteiger partial charge in [0.25, 0.3) is 0 Å². The minimum atomic E-state index is -0.223. The van der Waals surface area contributed by atoms with Crippen molar-refractivity contribution in [2.24, 2.45) is 0 Å². The molecule has 7 heteroatoms. The quantitative estimate of drug-likeness (QED) is 0.470. The molecule has 0 saturated heterocycles. The third-order valence-corrected chi connectivity index (χ3v) is 5.65. The number of ether oxygens (including phenoxy) is 1. The van der Waals surface area contributed by atoms with Gasteiger partial charge in [-0.3, -0.25) is 4.79 Å². The lowest BCUT2D eigenvalue weighted by molar-refractivity contribution is 0.103. The number of nitrogens with two attached hydrogens (primary N) is 1. The molecule has 0 spiro atoms. The van der Waals surface area contributed by atoms with Crippen LogP contribution < -0.4 is 10.5 Å². The zero-order valence-corrected chi connectivity index (χ0v) is 17.3. The number of ketones is 1. The maximum Gasteiger partial charge on any atom is 0.214 e. The molecule has 0 aliphatic heterocycles. The number of nitrogens with zero attached hydrogens (tertiary/aromatic N) is 4. The number of fused-ring (bicyclic) bond motifs is 1. The number of hydrogen-bond acceptors (Lipinski definition) is 6. The first-order chi connectivity index (χ1) is 15.1. The van der Waals surface area contributed by atoms with Crippen molar-refractivity contribution in [3.8, 4) is 11.5 Å². The van der Waals surface area contributed by atoms with Gasteiger partial charge >= 0.3 is 0 Å². The fourth-order valence-corrected chi connectivity index (χ4v) is 4.20. The van der Waals surface area contributed by atoms with Gasteiger partial charge in [-0.2, -0.15) is 5.10 Å². The lowest BCUT2D eigenvalue weighted by Crippen LogP contribution is -2.09. The minimum Gasteiger partial charge on any atom is -0.457 e. The highest BCUT2D eigenvalue weighted by molar-refractivity contribution is 6.16. The van der Waals surface area contributed by atoms with Gasteiger partial charge in [0, 0.05) is 5.56 Å². The topological polar surface area (TPSA) is 95.9 Å². The van der Waals surface area contributed by atoms with E-state index in [1.807, 2.05) is 41.1 Å². The van der Waals surface area contributed by atoms with Crippen molar-refractivity contribution in [3.63, 3.8) is 0 Å². The molecule has 2 aromatic heterocycles. The summed E-state index contributed by atoms with van der Waals surface area (Å²) in [5.41, 5.74) is 7.64. The normalized spacial score (nSPS) is 14.2. The molecule has 2 heterocycles.